The molecule has 2 heterocycles. The quantitative estimate of drug-likeness (QED) is 0.564. The number of pyridine rings is 1. The van der Waals surface area contributed by atoms with Crippen molar-refractivity contribution in [1.29, 1.82) is 0 Å². The Bertz CT molecular complexity index is 1160. The summed E-state index contributed by atoms with van der Waals surface area (Å²) in [6.07, 6.45) is 1.68. The molecule has 0 aliphatic rings. The summed E-state index contributed by atoms with van der Waals surface area (Å²) in [4.78, 5) is 29.1. The van der Waals surface area contributed by atoms with Crippen molar-refractivity contribution >= 4 is 34.2 Å². The lowest BCUT2D eigenvalue weighted by atomic mass is 10.1. The summed E-state index contributed by atoms with van der Waals surface area (Å²) >= 11 is 0. The fourth-order valence-electron chi connectivity index (χ4n) is 2.79. The van der Waals surface area contributed by atoms with Gasteiger partial charge in [-0.05, 0) is 43.3 Å². The topological polar surface area (TPSA) is 97.1 Å². The SMILES string of the molecule is Cc1cc(NC(=O)c2ccc(C(=O)Nc3cccc4cccnc34)cc2)no1. The highest BCUT2D eigenvalue weighted by molar-refractivity contribution is 6.09. The molecule has 4 aromatic rings. The molecule has 2 aromatic carbocycles. The molecule has 4 rings (SSSR count). The van der Waals surface area contributed by atoms with E-state index in [2.05, 4.69) is 20.8 Å². The first-order chi connectivity index (χ1) is 13.6. The van der Waals surface area contributed by atoms with Crippen molar-refractivity contribution in [2.45, 2.75) is 6.92 Å². The van der Waals surface area contributed by atoms with Gasteiger partial charge < -0.3 is 15.2 Å². The van der Waals surface area contributed by atoms with Crippen molar-refractivity contribution < 1.29 is 14.1 Å². The van der Waals surface area contributed by atoms with Gasteiger partial charge in [0, 0.05) is 28.8 Å². The minimum absolute atomic E-state index is 0.280. The van der Waals surface area contributed by atoms with Gasteiger partial charge in [-0.15, -0.1) is 0 Å². The molecule has 2 aromatic heterocycles. The second-order valence-corrected chi connectivity index (χ2v) is 6.19. The summed E-state index contributed by atoms with van der Waals surface area (Å²) in [5, 5.41) is 10.2. The Kier molecular flexibility index (Phi) is 4.55. The van der Waals surface area contributed by atoms with E-state index in [4.69, 9.17) is 4.52 Å². The summed E-state index contributed by atoms with van der Waals surface area (Å²) in [6.45, 7) is 1.74. The van der Waals surface area contributed by atoms with E-state index in [1.54, 1.807) is 49.5 Å². The predicted octanol–water partition coefficient (Wildman–Crippen LogP) is 4.04. The molecule has 0 unspecified atom stereocenters. The molecule has 0 spiro atoms. The van der Waals surface area contributed by atoms with Crippen molar-refractivity contribution in [2.75, 3.05) is 10.6 Å². The molecule has 28 heavy (non-hydrogen) atoms. The molecular formula is C21H16N4O3. The molecule has 0 atom stereocenters. The summed E-state index contributed by atoms with van der Waals surface area (Å²) in [5.41, 5.74) is 2.19. The third-order valence-corrected chi connectivity index (χ3v) is 4.16. The molecule has 0 saturated heterocycles. The Hall–Kier alpha value is -4.00. The maximum absolute atomic E-state index is 12.6. The first kappa shape index (κ1) is 17.4. The van der Waals surface area contributed by atoms with Crippen LogP contribution in [-0.4, -0.2) is 22.0 Å². The minimum atomic E-state index is -0.335. The molecule has 0 aliphatic carbocycles. The number of anilines is 2. The van der Waals surface area contributed by atoms with Crippen LogP contribution >= 0.6 is 0 Å². The number of aryl methyl sites for hydroxylation is 1. The largest absolute Gasteiger partial charge is 0.360 e. The fourth-order valence-corrected chi connectivity index (χ4v) is 2.79. The first-order valence-corrected chi connectivity index (χ1v) is 8.60. The van der Waals surface area contributed by atoms with Gasteiger partial charge in [0.1, 0.15) is 5.76 Å². The van der Waals surface area contributed by atoms with Crippen LogP contribution < -0.4 is 10.6 Å². The second kappa shape index (κ2) is 7.32. The van der Waals surface area contributed by atoms with Gasteiger partial charge in [-0.2, -0.15) is 0 Å². The number of aromatic nitrogens is 2. The van der Waals surface area contributed by atoms with Crippen molar-refractivity contribution in [3.8, 4) is 0 Å². The Balaban J connectivity index is 1.48. The number of nitrogens with zero attached hydrogens (tertiary/aromatic N) is 2. The summed E-state index contributed by atoms with van der Waals surface area (Å²) in [5.74, 6) is 0.328. The van der Waals surface area contributed by atoms with E-state index in [0.717, 1.165) is 10.9 Å². The standard InChI is InChI=1S/C21H16N4O3/c1-13-12-18(25-28-13)24-21(27)16-9-7-15(8-10-16)20(26)23-17-6-2-4-14-5-3-11-22-19(14)17/h2-12H,1H3,(H,23,26)(H,24,25,27). The number of para-hydroxylation sites is 1. The summed E-state index contributed by atoms with van der Waals surface area (Å²) in [6, 6.07) is 17.3. The number of carbonyl (C=O) groups excluding carboxylic acids is 2. The lowest BCUT2D eigenvalue weighted by Crippen LogP contribution is -2.14. The minimum Gasteiger partial charge on any atom is -0.360 e. The van der Waals surface area contributed by atoms with E-state index in [1.165, 1.54) is 0 Å². The highest BCUT2D eigenvalue weighted by Crippen LogP contribution is 2.21. The van der Waals surface area contributed by atoms with E-state index in [9.17, 15) is 9.59 Å². The van der Waals surface area contributed by atoms with Gasteiger partial charge >= 0.3 is 0 Å². The van der Waals surface area contributed by atoms with Crippen molar-refractivity contribution in [3.05, 3.63) is 83.7 Å². The molecule has 138 valence electrons. The molecule has 0 aliphatic heterocycles. The summed E-state index contributed by atoms with van der Waals surface area (Å²) < 4.78 is 4.92. The number of hydrogen-bond donors (Lipinski definition) is 2. The van der Waals surface area contributed by atoms with Gasteiger partial charge in [0.2, 0.25) is 0 Å². The Labute approximate surface area is 160 Å². The van der Waals surface area contributed by atoms with E-state index < -0.39 is 0 Å². The lowest BCUT2D eigenvalue weighted by Gasteiger charge is -2.08. The fraction of sp³-hybridized carbons (Fsp3) is 0.0476. The van der Waals surface area contributed by atoms with Crippen LogP contribution in [0.15, 0.2) is 71.4 Å². The molecule has 2 amide bonds. The van der Waals surface area contributed by atoms with Crippen LogP contribution in [0, 0.1) is 6.92 Å². The van der Waals surface area contributed by atoms with Crippen LogP contribution in [0.5, 0.6) is 0 Å². The van der Waals surface area contributed by atoms with Crippen molar-refractivity contribution in [1.82, 2.24) is 10.1 Å². The van der Waals surface area contributed by atoms with Gasteiger partial charge in [-0.1, -0.05) is 23.4 Å². The Morgan fingerprint density at radius 1 is 0.893 bits per heavy atom. The van der Waals surface area contributed by atoms with Crippen LogP contribution in [0.3, 0.4) is 0 Å². The Morgan fingerprint density at radius 2 is 1.57 bits per heavy atom. The normalized spacial score (nSPS) is 10.6. The Morgan fingerprint density at radius 3 is 2.25 bits per heavy atom. The average molecular weight is 372 g/mol. The number of rotatable bonds is 4. The van der Waals surface area contributed by atoms with Crippen LogP contribution in [0.25, 0.3) is 10.9 Å². The van der Waals surface area contributed by atoms with Crippen LogP contribution in [0.2, 0.25) is 0 Å². The molecule has 0 saturated carbocycles. The highest BCUT2D eigenvalue weighted by atomic mass is 16.5. The molecule has 0 radical (unpaired) electrons. The predicted molar refractivity (Wildman–Crippen MR) is 105 cm³/mol. The monoisotopic (exact) mass is 372 g/mol. The number of carbonyl (C=O) groups is 2. The van der Waals surface area contributed by atoms with E-state index in [0.29, 0.717) is 28.4 Å². The number of nitrogens with one attached hydrogen (secondary N) is 2. The van der Waals surface area contributed by atoms with Gasteiger partial charge in [0.25, 0.3) is 11.8 Å². The van der Waals surface area contributed by atoms with Gasteiger partial charge in [0.05, 0.1) is 11.2 Å². The highest BCUT2D eigenvalue weighted by Gasteiger charge is 2.12. The molecule has 0 bridgehead atoms. The van der Waals surface area contributed by atoms with Crippen molar-refractivity contribution in [2.24, 2.45) is 0 Å². The molecule has 7 nitrogen and oxygen atoms in total. The van der Waals surface area contributed by atoms with Crippen molar-refractivity contribution in [3.63, 3.8) is 0 Å². The molecular weight excluding hydrogens is 356 g/mol. The first-order valence-electron chi connectivity index (χ1n) is 8.60. The number of fused-ring (bicyclic) bond motifs is 1. The van der Waals surface area contributed by atoms with E-state index in [-0.39, 0.29) is 11.8 Å². The molecule has 2 N–H and O–H groups in total. The van der Waals surface area contributed by atoms with Gasteiger partial charge in [0.15, 0.2) is 5.82 Å². The van der Waals surface area contributed by atoms with E-state index in [1.807, 2.05) is 24.3 Å². The maximum Gasteiger partial charge on any atom is 0.256 e. The number of benzene rings is 2. The van der Waals surface area contributed by atoms with Gasteiger partial charge in [-0.25, -0.2) is 0 Å². The molecule has 7 heteroatoms. The third-order valence-electron chi connectivity index (χ3n) is 4.16. The van der Waals surface area contributed by atoms with Gasteiger partial charge in [-0.3, -0.25) is 14.6 Å². The van der Waals surface area contributed by atoms with Crippen LogP contribution in [-0.2, 0) is 0 Å². The average Bonchev–Trinajstić information content (AvgIpc) is 3.13. The zero-order chi connectivity index (χ0) is 19.5. The van der Waals surface area contributed by atoms with Crippen LogP contribution in [0.4, 0.5) is 11.5 Å². The summed E-state index contributed by atoms with van der Waals surface area (Å²) in [7, 11) is 0. The lowest BCUT2D eigenvalue weighted by molar-refractivity contribution is 0.101. The number of hydrogen-bond acceptors (Lipinski definition) is 5. The number of amides is 2. The van der Waals surface area contributed by atoms with Crippen LogP contribution in [0.1, 0.15) is 26.5 Å². The third kappa shape index (κ3) is 3.59. The zero-order valence-electron chi connectivity index (χ0n) is 15.0. The van der Waals surface area contributed by atoms with E-state index >= 15 is 0 Å². The zero-order valence-corrected chi connectivity index (χ0v) is 15.0. The smallest absolute Gasteiger partial charge is 0.256 e. The second-order valence-electron chi connectivity index (χ2n) is 6.19. The molecule has 0 fully saturated rings. The maximum atomic E-state index is 12.6.